The second-order valence-electron chi connectivity index (χ2n) is 4.04. The maximum absolute atomic E-state index is 10.5. The Bertz CT molecular complexity index is 406. The van der Waals surface area contributed by atoms with Gasteiger partial charge in [0.05, 0.1) is 19.9 Å². The van der Waals surface area contributed by atoms with Crippen molar-refractivity contribution in [3.8, 4) is 11.5 Å². The van der Waals surface area contributed by atoms with Crippen LogP contribution in [0.3, 0.4) is 0 Å². The Hall–Kier alpha value is -1.91. The van der Waals surface area contributed by atoms with Gasteiger partial charge in [0.2, 0.25) is 0 Å². The Morgan fingerprint density at radius 1 is 1.39 bits per heavy atom. The first-order valence-electron chi connectivity index (χ1n) is 5.77. The molecule has 1 aromatic carbocycles. The SMILES string of the molecule is COc1ccc(NC(C)CCC(=O)O)c(OC)c1. The van der Waals surface area contributed by atoms with Gasteiger partial charge in [-0.15, -0.1) is 0 Å². The first-order valence-corrected chi connectivity index (χ1v) is 5.77. The van der Waals surface area contributed by atoms with Crippen molar-refractivity contribution in [3.05, 3.63) is 18.2 Å². The molecule has 0 aromatic heterocycles. The lowest BCUT2D eigenvalue weighted by atomic mass is 10.1. The van der Waals surface area contributed by atoms with E-state index < -0.39 is 5.97 Å². The molecule has 5 heteroatoms. The molecule has 0 bridgehead atoms. The van der Waals surface area contributed by atoms with Crippen molar-refractivity contribution >= 4 is 11.7 Å². The number of aliphatic carboxylic acids is 1. The molecule has 1 atom stereocenters. The monoisotopic (exact) mass is 253 g/mol. The molecule has 0 aliphatic heterocycles. The van der Waals surface area contributed by atoms with Crippen molar-refractivity contribution in [1.29, 1.82) is 0 Å². The molecule has 18 heavy (non-hydrogen) atoms. The van der Waals surface area contributed by atoms with Crippen LogP contribution in [-0.4, -0.2) is 31.3 Å². The van der Waals surface area contributed by atoms with Crippen LogP contribution in [0.15, 0.2) is 18.2 Å². The van der Waals surface area contributed by atoms with Crippen LogP contribution < -0.4 is 14.8 Å². The Morgan fingerprint density at radius 3 is 2.67 bits per heavy atom. The van der Waals surface area contributed by atoms with Gasteiger partial charge in [-0.3, -0.25) is 4.79 Å². The highest BCUT2D eigenvalue weighted by Gasteiger charge is 2.09. The summed E-state index contributed by atoms with van der Waals surface area (Å²) in [5.74, 6) is 0.609. The highest BCUT2D eigenvalue weighted by Crippen LogP contribution is 2.29. The number of methoxy groups -OCH3 is 2. The van der Waals surface area contributed by atoms with Gasteiger partial charge < -0.3 is 19.9 Å². The third-order valence-electron chi connectivity index (χ3n) is 2.60. The number of carboxylic acid groups (broad SMARTS) is 1. The van der Waals surface area contributed by atoms with Gasteiger partial charge in [0, 0.05) is 18.5 Å². The summed E-state index contributed by atoms with van der Waals surface area (Å²) in [6.07, 6.45) is 0.706. The molecule has 0 radical (unpaired) electrons. The van der Waals surface area contributed by atoms with Gasteiger partial charge in [-0.2, -0.15) is 0 Å². The van der Waals surface area contributed by atoms with Gasteiger partial charge in [0.25, 0.3) is 0 Å². The lowest BCUT2D eigenvalue weighted by molar-refractivity contribution is -0.137. The summed E-state index contributed by atoms with van der Waals surface area (Å²) >= 11 is 0. The summed E-state index contributed by atoms with van der Waals surface area (Å²) in [6.45, 7) is 1.94. The maximum atomic E-state index is 10.5. The lowest BCUT2D eigenvalue weighted by Crippen LogP contribution is -2.17. The summed E-state index contributed by atoms with van der Waals surface area (Å²) in [4.78, 5) is 10.5. The van der Waals surface area contributed by atoms with E-state index in [0.717, 1.165) is 11.4 Å². The topological polar surface area (TPSA) is 67.8 Å². The minimum absolute atomic E-state index is 0.0587. The first kappa shape index (κ1) is 14.2. The number of carboxylic acids is 1. The zero-order chi connectivity index (χ0) is 13.5. The van der Waals surface area contributed by atoms with Gasteiger partial charge in [-0.1, -0.05) is 0 Å². The van der Waals surface area contributed by atoms with Gasteiger partial charge in [-0.25, -0.2) is 0 Å². The Morgan fingerprint density at radius 2 is 2.11 bits per heavy atom. The van der Waals surface area contributed by atoms with E-state index in [4.69, 9.17) is 14.6 Å². The molecular weight excluding hydrogens is 234 g/mol. The van der Waals surface area contributed by atoms with E-state index in [2.05, 4.69) is 5.32 Å². The molecule has 1 rings (SSSR count). The third kappa shape index (κ3) is 4.16. The van der Waals surface area contributed by atoms with E-state index in [1.54, 1.807) is 20.3 Å². The fraction of sp³-hybridized carbons (Fsp3) is 0.462. The molecule has 0 amide bonds. The molecule has 1 unspecified atom stereocenters. The van der Waals surface area contributed by atoms with Crippen LogP contribution in [0, 0.1) is 0 Å². The molecule has 0 aliphatic carbocycles. The summed E-state index contributed by atoms with van der Waals surface area (Å²) in [5.41, 5.74) is 0.830. The molecule has 0 saturated carbocycles. The number of rotatable bonds is 7. The fourth-order valence-electron chi connectivity index (χ4n) is 1.60. The number of ether oxygens (including phenoxy) is 2. The van der Waals surface area contributed by atoms with Crippen LogP contribution in [0.4, 0.5) is 5.69 Å². The van der Waals surface area contributed by atoms with Crippen molar-refractivity contribution in [2.75, 3.05) is 19.5 Å². The number of hydrogen-bond acceptors (Lipinski definition) is 4. The predicted molar refractivity (Wildman–Crippen MR) is 69.5 cm³/mol. The molecule has 0 fully saturated rings. The van der Waals surface area contributed by atoms with Crippen molar-refractivity contribution in [1.82, 2.24) is 0 Å². The zero-order valence-electron chi connectivity index (χ0n) is 10.9. The first-order chi connectivity index (χ1) is 8.56. The number of benzene rings is 1. The molecule has 100 valence electrons. The number of carbonyl (C=O) groups is 1. The quantitative estimate of drug-likeness (QED) is 0.780. The van der Waals surface area contributed by atoms with Gasteiger partial charge >= 0.3 is 5.97 Å². The van der Waals surface area contributed by atoms with E-state index in [1.807, 2.05) is 19.1 Å². The normalized spacial score (nSPS) is 11.7. The molecule has 2 N–H and O–H groups in total. The van der Waals surface area contributed by atoms with Gasteiger partial charge in [0.1, 0.15) is 11.5 Å². The Balaban J connectivity index is 2.68. The molecule has 0 heterocycles. The molecule has 0 saturated heterocycles. The smallest absolute Gasteiger partial charge is 0.303 e. The molecule has 0 aliphatic rings. The van der Waals surface area contributed by atoms with Crippen molar-refractivity contribution in [2.24, 2.45) is 0 Å². The standard InChI is InChI=1S/C13H19NO4/c1-9(4-7-13(15)16)14-11-6-5-10(17-2)8-12(11)18-3/h5-6,8-9,14H,4,7H2,1-3H3,(H,15,16). The van der Waals surface area contributed by atoms with Crippen molar-refractivity contribution < 1.29 is 19.4 Å². The third-order valence-corrected chi connectivity index (χ3v) is 2.60. The van der Waals surface area contributed by atoms with E-state index in [1.165, 1.54) is 0 Å². The van der Waals surface area contributed by atoms with Gasteiger partial charge in [-0.05, 0) is 25.5 Å². The predicted octanol–water partition coefficient (Wildman–Crippen LogP) is 2.37. The molecule has 1 aromatic rings. The molecule has 5 nitrogen and oxygen atoms in total. The molecular formula is C13H19NO4. The lowest BCUT2D eigenvalue weighted by Gasteiger charge is -2.17. The Kier molecular flexibility index (Phi) is 5.30. The highest BCUT2D eigenvalue weighted by atomic mass is 16.5. The van der Waals surface area contributed by atoms with E-state index in [9.17, 15) is 4.79 Å². The van der Waals surface area contributed by atoms with Crippen LogP contribution in [0.5, 0.6) is 11.5 Å². The maximum Gasteiger partial charge on any atom is 0.303 e. The van der Waals surface area contributed by atoms with Crippen LogP contribution in [0.2, 0.25) is 0 Å². The summed E-state index contributed by atoms with van der Waals surface area (Å²) < 4.78 is 10.4. The zero-order valence-corrected chi connectivity index (χ0v) is 10.9. The van der Waals surface area contributed by atoms with Crippen LogP contribution in [0.1, 0.15) is 19.8 Å². The minimum Gasteiger partial charge on any atom is -0.497 e. The second-order valence-corrected chi connectivity index (χ2v) is 4.04. The average molecular weight is 253 g/mol. The number of hydrogen-bond donors (Lipinski definition) is 2. The average Bonchev–Trinajstić information content (AvgIpc) is 2.36. The molecule has 0 spiro atoms. The largest absolute Gasteiger partial charge is 0.497 e. The Labute approximate surface area is 107 Å². The summed E-state index contributed by atoms with van der Waals surface area (Å²) in [7, 11) is 3.18. The van der Waals surface area contributed by atoms with Crippen LogP contribution >= 0.6 is 0 Å². The van der Waals surface area contributed by atoms with Crippen molar-refractivity contribution in [3.63, 3.8) is 0 Å². The second kappa shape index (κ2) is 6.74. The van der Waals surface area contributed by atoms with E-state index >= 15 is 0 Å². The number of nitrogens with one attached hydrogen (secondary N) is 1. The summed E-state index contributed by atoms with van der Waals surface area (Å²) in [5, 5.41) is 11.9. The number of anilines is 1. The minimum atomic E-state index is -0.787. The van der Waals surface area contributed by atoms with Crippen LogP contribution in [0.25, 0.3) is 0 Å². The van der Waals surface area contributed by atoms with Gasteiger partial charge in [0.15, 0.2) is 0 Å². The van der Waals surface area contributed by atoms with Crippen LogP contribution in [-0.2, 0) is 4.79 Å². The summed E-state index contributed by atoms with van der Waals surface area (Å²) in [6, 6.07) is 5.53. The highest BCUT2D eigenvalue weighted by molar-refractivity contribution is 5.67. The van der Waals surface area contributed by atoms with E-state index in [-0.39, 0.29) is 12.5 Å². The van der Waals surface area contributed by atoms with Crippen molar-refractivity contribution in [2.45, 2.75) is 25.8 Å². The van der Waals surface area contributed by atoms with E-state index in [0.29, 0.717) is 12.2 Å². The fourth-order valence-corrected chi connectivity index (χ4v) is 1.60.